The van der Waals surface area contributed by atoms with Crippen molar-refractivity contribution in [3.8, 4) is 11.8 Å². The number of hydrogen-bond donors (Lipinski definition) is 1. The molecule has 1 N–H and O–H groups in total. The minimum Gasteiger partial charge on any atom is -0.488 e. The van der Waals surface area contributed by atoms with Crippen LogP contribution in [0.4, 0.5) is 0 Å². The quantitative estimate of drug-likeness (QED) is 0.379. The van der Waals surface area contributed by atoms with Crippen LogP contribution < -0.4 is 10.1 Å². The Labute approximate surface area is 188 Å². The minimum absolute atomic E-state index is 0.0504. The Kier molecular flexibility index (Phi) is 7.60. The summed E-state index contributed by atoms with van der Waals surface area (Å²) in [5, 5.41) is 13.4. The number of carbonyl (C=O) groups is 1. The fourth-order valence-corrected chi connectivity index (χ4v) is 3.89. The number of nitrogens with zero attached hydrogens (tertiary/aromatic N) is 1. The monoisotopic (exact) mass is 492 g/mol. The number of carbonyl (C=O) groups excluding carboxylic acids is 1. The molecule has 0 saturated heterocycles. The van der Waals surface area contributed by atoms with Gasteiger partial charge in [0.05, 0.1) is 10.0 Å². The van der Waals surface area contributed by atoms with E-state index in [0.717, 1.165) is 35.7 Å². The third kappa shape index (κ3) is 5.99. The molecule has 1 fully saturated rings. The molecule has 2 aromatic carbocycles. The van der Waals surface area contributed by atoms with E-state index in [9.17, 15) is 10.1 Å². The lowest BCUT2D eigenvalue weighted by atomic mass is 10.1. The highest BCUT2D eigenvalue weighted by Gasteiger charge is 2.19. The average molecular weight is 494 g/mol. The number of benzene rings is 2. The van der Waals surface area contributed by atoms with Gasteiger partial charge in [-0.2, -0.15) is 5.26 Å². The number of hydrogen-bond acceptors (Lipinski definition) is 3. The van der Waals surface area contributed by atoms with Gasteiger partial charge in [-0.25, -0.2) is 0 Å². The van der Waals surface area contributed by atoms with Crippen LogP contribution in [0.3, 0.4) is 0 Å². The van der Waals surface area contributed by atoms with Gasteiger partial charge in [0.25, 0.3) is 5.91 Å². The second-order valence-electron chi connectivity index (χ2n) is 6.84. The molecule has 0 aromatic heterocycles. The smallest absolute Gasteiger partial charge is 0.262 e. The van der Waals surface area contributed by atoms with Crippen LogP contribution in [0, 0.1) is 11.3 Å². The molecule has 1 aliphatic carbocycles. The van der Waals surface area contributed by atoms with Crippen molar-refractivity contribution < 1.29 is 9.53 Å². The van der Waals surface area contributed by atoms with Crippen LogP contribution >= 0.6 is 39.1 Å². The highest BCUT2D eigenvalue weighted by atomic mass is 79.9. The van der Waals surface area contributed by atoms with E-state index in [4.69, 9.17) is 27.9 Å². The predicted molar refractivity (Wildman–Crippen MR) is 119 cm³/mol. The van der Waals surface area contributed by atoms with Gasteiger partial charge in [0.15, 0.2) is 0 Å². The highest BCUT2D eigenvalue weighted by molar-refractivity contribution is 9.10. The summed E-state index contributed by atoms with van der Waals surface area (Å²) in [7, 11) is 0. The summed E-state index contributed by atoms with van der Waals surface area (Å²) in [6.07, 6.45) is 5.68. The molecule has 1 saturated carbocycles. The molecule has 4 nitrogen and oxygen atoms in total. The fourth-order valence-electron chi connectivity index (χ4n) is 3.19. The van der Waals surface area contributed by atoms with E-state index in [1.165, 1.54) is 0 Å². The highest BCUT2D eigenvalue weighted by Crippen LogP contribution is 2.28. The van der Waals surface area contributed by atoms with Crippen LogP contribution in [0.1, 0.15) is 36.8 Å². The van der Waals surface area contributed by atoms with E-state index in [0.29, 0.717) is 21.4 Å². The molecule has 3 rings (SSSR count). The first kappa shape index (κ1) is 21.7. The topological polar surface area (TPSA) is 62.1 Å². The molecule has 0 radical (unpaired) electrons. The van der Waals surface area contributed by atoms with Crippen molar-refractivity contribution in [1.29, 1.82) is 5.26 Å². The maximum Gasteiger partial charge on any atom is 0.262 e. The van der Waals surface area contributed by atoms with Crippen LogP contribution in [0.25, 0.3) is 6.08 Å². The van der Waals surface area contributed by atoms with Crippen LogP contribution in [0.2, 0.25) is 10.0 Å². The number of nitrogens with one attached hydrogen (secondary N) is 1. The van der Waals surface area contributed by atoms with Crippen molar-refractivity contribution in [1.82, 2.24) is 5.32 Å². The number of halogens is 3. The van der Waals surface area contributed by atoms with Gasteiger partial charge in [-0.3, -0.25) is 4.79 Å². The van der Waals surface area contributed by atoms with E-state index in [1.54, 1.807) is 24.3 Å². The van der Waals surface area contributed by atoms with E-state index in [2.05, 4.69) is 21.2 Å². The molecule has 0 aliphatic heterocycles. The molecule has 0 bridgehead atoms. The van der Waals surface area contributed by atoms with E-state index < -0.39 is 0 Å². The largest absolute Gasteiger partial charge is 0.488 e. The second kappa shape index (κ2) is 10.2. The van der Waals surface area contributed by atoms with Crippen molar-refractivity contribution in [2.24, 2.45) is 0 Å². The second-order valence-corrected chi connectivity index (χ2v) is 8.57. The zero-order valence-corrected chi connectivity index (χ0v) is 18.6. The Hall–Kier alpha value is -2.00. The van der Waals surface area contributed by atoms with Crippen molar-refractivity contribution in [2.75, 3.05) is 0 Å². The first-order chi connectivity index (χ1) is 14.0. The van der Waals surface area contributed by atoms with Gasteiger partial charge in [-0.1, -0.05) is 58.0 Å². The van der Waals surface area contributed by atoms with Gasteiger partial charge in [0.1, 0.15) is 24.0 Å². The fraction of sp³-hybridized carbons (Fsp3) is 0.273. The molecular formula is C22H19BrCl2N2O2. The number of ether oxygens (including phenoxy) is 1. The lowest BCUT2D eigenvalue weighted by Gasteiger charge is -2.13. The van der Waals surface area contributed by atoms with E-state index >= 15 is 0 Å². The van der Waals surface area contributed by atoms with Crippen molar-refractivity contribution in [2.45, 2.75) is 38.3 Å². The molecule has 1 amide bonds. The number of nitriles is 1. The van der Waals surface area contributed by atoms with Gasteiger partial charge in [-0.15, -0.1) is 0 Å². The maximum atomic E-state index is 12.5. The summed E-state index contributed by atoms with van der Waals surface area (Å²) >= 11 is 15.4. The number of rotatable bonds is 6. The minimum atomic E-state index is -0.352. The van der Waals surface area contributed by atoms with Gasteiger partial charge < -0.3 is 10.1 Å². The summed E-state index contributed by atoms with van der Waals surface area (Å²) in [5.41, 5.74) is 1.55. The van der Waals surface area contributed by atoms with Gasteiger partial charge in [0.2, 0.25) is 0 Å². The summed E-state index contributed by atoms with van der Waals surface area (Å²) in [4.78, 5) is 12.5. The zero-order valence-electron chi connectivity index (χ0n) is 15.6. The lowest BCUT2D eigenvalue weighted by molar-refractivity contribution is -0.117. The van der Waals surface area contributed by atoms with Gasteiger partial charge in [-0.05, 0) is 54.8 Å². The predicted octanol–water partition coefficient (Wildman–Crippen LogP) is 6.30. The molecule has 29 heavy (non-hydrogen) atoms. The molecule has 0 heterocycles. The molecule has 0 unspecified atom stereocenters. The Bertz CT molecular complexity index is 979. The van der Waals surface area contributed by atoms with Gasteiger partial charge >= 0.3 is 0 Å². The average Bonchev–Trinajstić information content (AvgIpc) is 3.21. The zero-order chi connectivity index (χ0) is 20.8. The Morgan fingerprint density at radius 1 is 1.21 bits per heavy atom. The first-order valence-corrected chi connectivity index (χ1v) is 10.8. The molecule has 0 atom stereocenters. The van der Waals surface area contributed by atoms with Crippen molar-refractivity contribution in [3.63, 3.8) is 0 Å². The lowest BCUT2D eigenvalue weighted by Crippen LogP contribution is -2.33. The van der Waals surface area contributed by atoms with Crippen LogP contribution in [0.15, 0.2) is 46.4 Å². The Morgan fingerprint density at radius 3 is 2.66 bits per heavy atom. The van der Waals surface area contributed by atoms with E-state index in [1.807, 2.05) is 24.3 Å². The third-order valence-corrected chi connectivity index (χ3v) is 5.94. The van der Waals surface area contributed by atoms with E-state index in [-0.39, 0.29) is 24.1 Å². The summed E-state index contributed by atoms with van der Waals surface area (Å²) in [5.74, 6) is 0.204. The van der Waals surface area contributed by atoms with Crippen LogP contribution in [-0.2, 0) is 11.4 Å². The molecule has 7 heteroatoms. The molecular weight excluding hydrogens is 475 g/mol. The standard InChI is InChI=1S/C22H19BrCl2N2O2/c23-17-6-8-21(29-13-14-5-7-19(24)20(25)9-14)15(11-17)10-16(12-26)22(28)27-18-3-1-2-4-18/h5-11,18H,1-4,13H2,(H,27,28)/b16-10-. The molecule has 0 spiro atoms. The van der Waals surface area contributed by atoms with Crippen molar-refractivity contribution >= 4 is 51.1 Å². The van der Waals surface area contributed by atoms with Gasteiger partial charge in [0, 0.05) is 16.1 Å². The maximum absolute atomic E-state index is 12.5. The number of amides is 1. The Morgan fingerprint density at radius 2 is 1.97 bits per heavy atom. The summed E-state index contributed by atoms with van der Waals surface area (Å²) in [6, 6.07) is 12.9. The Balaban J connectivity index is 1.79. The molecule has 150 valence electrons. The van der Waals surface area contributed by atoms with Crippen molar-refractivity contribution in [3.05, 3.63) is 67.6 Å². The summed E-state index contributed by atoms with van der Waals surface area (Å²) in [6.45, 7) is 0.273. The van der Waals surface area contributed by atoms with Crippen LogP contribution in [0.5, 0.6) is 5.75 Å². The first-order valence-electron chi connectivity index (χ1n) is 9.25. The normalized spacial score (nSPS) is 14.5. The van der Waals surface area contributed by atoms with Crippen LogP contribution in [-0.4, -0.2) is 11.9 Å². The molecule has 1 aliphatic rings. The third-order valence-electron chi connectivity index (χ3n) is 4.71. The summed E-state index contributed by atoms with van der Waals surface area (Å²) < 4.78 is 6.74. The SMILES string of the molecule is N#C/C(=C/c1cc(Br)ccc1OCc1ccc(Cl)c(Cl)c1)C(=O)NC1CCCC1. The molecule has 2 aromatic rings.